The first kappa shape index (κ1) is 14.3. The summed E-state index contributed by atoms with van der Waals surface area (Å²) >= 11 is 7.48. The maximum absolute atomic E-state index is 5.89. The fourth-order valence-electron chi connectivity index (χ4n) is 2.22. The van der Waals surface area contributed by atoms with Crippen molar-refractivity contribution in [1.82, 2.24) is 25.1 Å². The quantitative estimate of drug-likeness (QED) is 0.543. The molecule has 0 aliphatic carbocycles. The van der Waals surface area contributed by atoms with Crippen LogP contribution in [0.15, 0.2) is 53.7 Å². The molecule has 4 aromatic rings. The van der Waals surface area contributed by atoms with Gasteiger partial charge in [-0.3, -0.25) is 5.10 Å². The number of para-hydroxylation sites is 2. The number of aromatic amines is 2. The monoisotopic (exact) mass is 341 g/mol. The molecule has 23 heavy (non-hydrogen) atoms. The summed E-state index contributed by atoms with van der Waals surface area (Å²) in [7, 11) is 0. The third kappa shape index (κ3) is 3.09. The van der Waals surface area contributed by atoms with Crippen molar-refractivity contribution in [3.05, 3.63) is 59.4 Å². The molecule has 0 spiro atoms. The van der Waals surface area contributed by atoms with E-state index < -0.39 is 0 Å². The fourth-order valence-corrected chi connectivity index (χ4v) is 3.10. The van der Waals surface area contributed by atoms with Gasteiger partial charge in [0.2, 0.25) is 0 Å². The lowest BCUT2D eigenvalue weighted by molar-refractivity contribution is 1.02. The Morgan fingerprint density at radius 1 is 1.00 bits per heavy atom. The van der Waals surface area contributed by atoms with Crippen LogP contribution in [0.2, 0.25) is 5.02 Å². The number of nitrogens with zero attached hydrogens (tertiary/aromatic N) is 3. The number of fused-ring (bicyclic) bond motifs is 1. The van der Waals surface area contributed by atoms with E-state index in [4.69, 9.17) is 11.6 Å². The topological polar surface area (TPSA) is 70.2 Å². The van der Waals surface area contributed by atoms with Gasteiger partial charge in [0, 0.05) is 10.6 Å². The third-order valence-corrected chi connectivity index (χ3v) is 4.48. The molecule has 5 nitrogen and oxygen atoms in total. The summed E-state index contributed by atoms with van der Waals surface area (Å²) in [5.74, 6) is 2.14. The Morgan fingerprint density at radius 3 is 2.65 bits per heavy atom. The highest BCUT2D eigenvalue weighted by Gasteiger charge is 2.08. The number of nitrogens with one attached hydrogen (secondary N) is 2. The van der Waals surface area contributed by atoms with Gasteiger partial charge >= 0.3 is 0 Å². The molecule has 0 fully saturated rings. The number of hydrogen-bond acceptors (Lipinski definition) is 4. The third-order valence-electron chi connectivity index (χ3n) is 3.35. The van der Waals surface area contributed by atoms with Crippen LogP contribution in [0.4, 0.5) is 0 Å². The Labute approximate surface area is 141 Å². The van der Waals surface area contributed by atoms with Crippen molar-refractivity contribution in [2.45, 2.75) is 10.9 Å². The van der Waals surface area contributed by atoms with Crippen molar-refractivity contribution in [2.75, 3.05) is 0 Å². The van der Waals surface area contributed by atoms with E-state index >= 15 is 0 Å². The van der Waals surface area contributed by atoms with E-state index in [0.29, 0.717) is 16.6 Å². The van der Waals surface area contributed by atoms with Crippen LogP contribution in [0.25, 0.3) is 22.4 Å². The van der Waals surface area contributed by atoms with Crippen molar-refractivity contribution >= 4 is 34.4 Å². The minimum Gasteiger partial charge on any atom is -0.333 e. The number of hydrogen-bond donors (Lipinski definition) is 2. The first-order valence-electron chi connectivity index (χ1n) is 7.03. The number of rotatable bonds is 4. The first-order valence-corrected chi connectivity index (χ1v) is 8.39. The molecule has 0 saturated carbocycles. The van der Waals surface area contributed by atoms with Gasteiger partial charge in [0.05, 0.1) is 16.8 Å². The summed E-state index contributed by atoms with van der Waals surface area (Å²) in [5, 5.41) is 8.78. The van der Waals surface area contributed by atoms with Gasteiger partial charge in [-0.05, 0) is 36.4 Å². The zero-order chi connectivity index (χ0) is 15.6. The normalized spacial score (nSPS) is 11.2. The van der Waals surface area contributed by atoms with E-state index in [2.05, 4.69) is 25.1 Å². The molecule has 0 atom stereocenters. The van der Waals surface area contributed by atoms with E-state index in [-0.39, 0.29) is 0 Å². The lowest BCUT2D eigenvalue weighted by Gasteiger charge is -1.94. The van der Waals surface area contributed by atoms with E-state index in [1.807, 2.05) is 48.5 Å². The number of thioether (sulfide) groups is 1. The number of H-pyrrole nitrogens is 2. The van der Waals surface area contributed by atoms with Crippen molar-refractivity contribution in [1.29, 1.82) is 0 Å². The second kappa shape index (κ2) is 6.06. The molecule has 0 amide bonds. The molecular formula is C16H12ClN5S. The standard InChI is InChI=1S/C16H12ClN5S/c17-11-7-5-10(6-8-11)15-20-14(21-22-15)9-23-16-18-12-3-1-2-4-13(12)19-16/h1-8H,9H2,(H,18,19)(H,20,21,22). The molecule has 7 heteroatoms. The van der Waals surface area contributed by atoms with Crippen LogP contribution in [0.5, 0.6) is 0 Å². The predicted molar refractivity (Wildman–Crippen MR) is 92.5 cm³/mol. The van der Waals surface area contributed by atoms with Crippen molar-refractivity contribution in [3.63, 3.8) is 0 Å². The maximum Gasteiger partial charge on any atom is 0.181 e. The van der Waals surface area contributed by atoms with Gasteiger partial charge in [0.15, 0.2) is 11.0 Å². The molecule has 0 bridgehead atoms. The SMILES string of the molecule is Clc1ccc(-c2n[nH]c(CSc3nc4ccccc4[nH]3)n2)cc1. The molecule has 2 heterocycles. The van der Waals surface area contributed by atoms with Crippen LogP contribution in [0.3, 0.4) is 0 Å². The molecule has 0 aliphatic heterocycles. The summed E-state index contributed by atoms with van der Waals surface area (Å²) in [6.07, 6.45) is 0. The second-order valence-electron chi connectivity index (χ2n) is 4.96. The number of imidazole rings is 1. The number of benzene rings is 2. The molecule has 0 saturated heterocycles. The molecule has 2 aromatic carbocycles. The van der Waals surface area contributed by atoms with Gasteiger partial charge in [-0.25, -0.2) is 9.97 Å². The Balaban J connectivity index is 1.48. The molecule has 4 rings (SSSR count). The Kier molecular flexibility index (Phi) is 3.77. The summed E-state index contributed by atoms with van der Waals surface area (Å²) in [4.78, 5) is 12.3. The Morgan fingerprint density at radius 2 is 1.83 bits per heavy atom. The van der Waals surface area contributed by atoms with E-state index in [1.54, 1.807) is 11.8 Å². The fraction of sp³-hybridized carbons (Fsp3) is 0.0625. The number of halogens is 1. The van der Waals surface area contributed by atoms with Crippen LogP contribution < -0.4 is 0 Å². The van der Waals surface area contributed by atoms with Gasteiger partial charge in [0.1, 0.15) is 5.82 Å². The summed E-state index contributed by atoms with van der Waals surface area (Å²) in [5.41, 5.74) is 2.94. The lowest BCUT2D eigenvalue weighted by atomic mass is 10.2. The maximum atomic E-state index is 5.89. The summed E-state index contributed by atoms with van der Waals surface area (Å²) in [6, 6.07) is 15.4. The van der Waals surface area contributed by atoms with Crippen LogP contribution in [-0.2, 0) is 5.75 Å². The molecule has 114 valence electrons. The average molecular weight is 342 g/mol. The lowest BCUT2D eigenvalue weighted by Crippen LogP contribution is -1.85. The van der Waals surface area contributed by atoms with Crippen molar-refractivity contribution in [2.24, 2.45) is 0 Å². The zero-order valence-corrected chi connectivity index (χ0v) is 13.5. The minimum atomic E-state index is 0.667. The van der Waals surface area contributed by atoms with Gasteiger partial charge < -0.3 is 4.98 Å². The Bertz CT molecular complexity index is 911. The van der Waals surface area contributed by atoms with Crippen molar-refractivity contribution in [3.8, 4) is 11.4 Å². The summed E-state index contributed by atoms with van der Waals surface area (Å²) in [6.45, 7) is 0. The highest BCUT2D eigenvalue weighted by Crippen LogP contribution is 2.23. The number of aromatic nitrogens is 5. The summed E-state index contributed by atoms with van der Waals surface area (Å²) < 4.78 is 0. The van der Waals surface area contributed by atoms with Gasteiger partial charge in [-0.15, -0.1) is 0 Å². The molecule has 2 aromatic heterocycles. The highest BCUT2D eigenvalue weighted by atomic mass is 35.5. The van der Waals surface area contributed by atoms with Crippen LogP contribution in [-0.4, -0.2) is 25.1 Å². The minimum absolute atomic E-state index is 0.667. The van der Waals surface area contributed by atoms with Crippen LogP contribution in [0.1, 0.15) is 5.82 Å². The van der Waals surface area contributed by atoms with Gasteiger partial charge in [0.25, 0.3) is 0 Å². The molecule has 2 N–H and O–H groups in total. The smallest absolute Gasteiger partial charge is 0.181 e. The highest BCUT2D eigenvalue weighted by molar-refractivity contribution is 7.98. The largest absolute Gasteiger partial charge is 0.333 e. The molecule has 0 unspecified atom stereocenters. The van der Waals surface area contributed by atoms with Crippen LogP contribution in [0, 0.1) is 0 Å². The Hall–Kier alpha value is -2.31. The van der Waals surface area contributed by atoms with Crippen molar-refractivity contribution < 1.29 is 0 Å². The average Bonchev–Trinajstić information content (AvgIpc) is 3.20. The molecule has 0 radical (unpaired) electrons. The van der Waals surface area contributed by atoms with Gasteiger partial charge in [-0.1, -0.05) is 35.5 Å². The molecule has 0 aliphatic rings. The van der Waals surface area contributed by atoms with E-state index in [9.17, 15) is 0 Å². The zero-order valence-electron chi connectivity index (χ0n) is 12.0. The van der Waals surface area contributed by atoms with Gasteiger partial charge in [-0.2, -0.15) is 5.10 Å². The van der Waals surface area contributed by atoms with E-state index in [1.165, 1.54) is 0 Å². The first-order chi connectivity index (χ1) is 11.3. The predicted octanol–water partition coefficient (Wildman–Crippen LogP) is 4.29. The molecular weight excluding hydrogens is 330 g/mol. The second-order valence-corrected chi connectivity index (χ2v) is 6.36. The van der Waals surface area contributed by atoms with Crippen LogP contribution >= 0.6 is 23.4 Å². The van der Waals surface area contributed by atoms with E-state index in [0.717, 1.165) is 27.6 Å².